The maximum Gasteiger partial charge on any atom is 0.123 e. The van der Waals surface area contributed by atoms with Gasteiger partial charge in [-0.15, -0.1) is 0 Å². The van der Waals surface area contributed by atoms with Crippen LogP contribution in [0.1, 0.15) is 11.7 Å². The molecule has 0 aliphatic heterocycles. The van der Waals surface area contributed by atoms with E-state index in [1.54, 1.807) is 12.5 Å². The molecule has 3 N–H and O–H groups in total. The Hall–Kier alpha value is -1.65. The van der Waals surface area contributed by atoms with Gasteiger partial charge in [-0.1, -0.05) is 30.3 Å². The average Bonchev–Trinajstić information content (AvgIpc) is 2.74. The number of hydrogen-bond donors (Lipinski definition) is 2. The molecule has 0 amide bonds. The second-order valence-corrected chi connectivity index (χ2v) is 2.99. The van der Waals surface area contributed by atoms with Crippen LogP contribution in [0.2, 0.25) is 0 Å². The molecule has 1 heterocycles. The van der Waals surface area contributed by atoms with Crippen molar-refractivity contribution in [1.29, 1.82) is 0 Å². The maximum atomic E-state index is 5.50. The molecule has 1 aromatic carbocycles. The van der Waals surface area contributed by atoms with E-state index in [-0.39, 0.29) is 6.17 Å². The van der Waals surface area contributed by atoms with Crippen molar-refractivity contribution in [1.82, 2.24) is 15.0 Å². The standard InChI is InChI=1S/C10H12N4/c11-13-10(14-7-6-12-8-14)9-4-2-1-3-5-9/h1-8,10,13H,11H2. The van der Waals surface area contributed by atoms with Gasteiger partial charge in [0.15, 0.2) is 0 Å². The van der Waals surface area contributed by atoms with Crippen molar-refractivity contribution in [3.8, 4) is 0 Å². The van der Waals surface area contributed by atoms with Gasteiger partial charge in [-0.05, 0) is 5.56 Å². The number of hydrogen-bond acceptors (Lipinski definition) is 3. The fourth-order valence-corrected chi connectivity index (χ4v) is 1.41. The highest BCUT2D eigenvalue weighted by Crippen LogP contribution is 2.13. The van der Waals surface area contributed by atoms with Crippen LogP contribution in [-0.4, -0.2) is 9.55 Å². The Bertz CT molecular complexity index is 368. The number of benzene rings is 1. The number of imidazole rings is 1. The van der Waals surface area contributed by atoms with Crippen molar-refractivity contribution in [3.63, 3.8) is 0 Å². The van der Waals surface area contributed by atoms with Gasteiger partial charge in [0.25, 0.3) is 0 Å². The molecular weight excluding hydrogens is 176 g/mol. The first-order valence-electron chi connectivity index (χ1n) is 4.40. The van der Waals surface area contributed by atoms with Crippen LogP contribution in [-0.2, 0) is 0 Å². The summed E-state index contributed by atoms with van der Waals surface area (Å²) in [5, 5.41) is 0. The van der Waals surface area contributed by atoms with E-state index in [1.807, 2.05) is 41.1 Å². The molecule has 0 bridgehead atoms. The van der Waals surface area contributed by atoms with Crippen LogP contribution in [0.15, 0.2) is 49.1 Å². The van der Waals surface area contributed by atoms with E-state index < -0.39 is 0 Å². The largest absolute Gasteiger partial charge is 0.316 e. The van der Waals surface area contributed by atoms with Gasteiger partial charge in [0.2, 0.25) is 0 Å². The van der Waals surface area contributed by atoms with Gasteiger partial charge in [0.1, 0.15) is 6.17 Å². The lowest BCUT2D eigenvalue weighted by Crippen LogP contribution is -2.32. The quantitative estimate of drug-likeness (QED) is 0.555. The van der Waals surface area contributed by atoms with Gasteiger partial charge < -0.3 is 4.57 Å². The third-order valence-electron chi connectivity index (χ3n) is 2.10. The van der Waals surface area contributed by atoms with Crippen LogP contribution in [0.25, 0.3) is 0 Å². The first-order chi connectivity index (χ1) is 6.92. The van der Waals surface area contributed by atoms with E-state index in [0.717, 1.165) is 5.56 Å². The van der Waals surface area contributed by atoms with E-state index in [1.165, 1.54) is 0 Å². The monoisotopic (exact) mass is 188 g/mol. The lowest BCUT2D eigenvalue weighted by atomic mass is 10.2. The van der Waals surface area contributed by atoms with Crippen molar-refractivity contribution in [2.45, 2.75) is 6.17 Å². The SMILES string of the molecule is NNC(c1ccccc1)n1ccnc1. The summed E-state index contributed by atoms with van der Waals surface area (Å²) in [6.07, 6.45) is 5.28. The van der Waals surface area contributed by atoms with Crippen molar-refractivity contribution in [2.24, 2.45) is 5.84 Å². The number of nitrogens with zero attached hydrogens (tertiary/aromatic N) is 2. The molecule has 2 rings (SSSR count). The van der Waals surface area contributed by atoms with Gasteiger partial charge in [-0.3, -0.25) is 5.84 Å². The summed E-state index contributed by atoms with van der Waals surface area (Å²) in [7, 11) is 0. The number of rotatable bonds is 3. The highest BCUT2D eigenvalue weighted by atomic mass is 15.3. The third kappa shape index (κ3) is 1.66. The van der Waals surface area contributed by atoms with Gasteiger partial charge in [-0.2, -0.15) is 0 Å². The Kier molecular flexibility index (Phi) is 2.58. The minimum Gasteiger partial charge on any atom is -0.316 e. The Morgan fingerprint density at radius 3 is 2.64 bits per heavy atom. The van der Waals surface area contributed by atoms with Gasteiger partial charge >= 0.3 is 0 Å². The molecule has 4 nitrogen and oxygen atoms in total. The van der Waals surface area contributed by atoms with Crippen molar-refractivity contribution in [2.75, 3.05) is 0 Å². The van der Waals surface area contributed by atoms with Crippen LogP contribution in [0.5, 0.6) is 0 Å². The van der Waals surface area contributed by atoms with Crippen molar-refractivity contribution in [3.05, 3.63) is 54.6 Å². The molecular formula is C10H12N4. The summed E-state index contributed by atoms with van der Waals surface area (Å²) in [6, 6.07) is 9.98. The van der Waals surface area contributed by atoms with Crippen LogP contribution >= 0.6 is 0 Å². The molecule has 0 aliphatic rings. The summed E-state index contributed by atoms with van der Waals surface area (Å²) in [4.78, 5) is 3.98. The first kappa shape index (κ1) is 8.93. The van der Waals surface area contributed by atoms with Crippen LogP contribution in [0.4, 0.5) is 0 Å². The van der Waals surface area contributed by atoms with Gasteiger partial charge in [-0.25, -0.2) is 10.4 Å². The van der Waals surface area contributed by atoms with Crippen molar-refractivity contribution >= 4 is 0 Å². The molecule has 14 heavy (non-hydrogen) atoms. The molecule has 0 fully saturated rings. The molecule has 1 unspecified atom stereocenters. The Morgan fingerprint density at radius 2 is 2.07 bits per heavy atom. The Balaban J connectivity index is 2.31. The highest BCUT2D eigenvalue weighted by Gasteiger charge is 2.09. The zero-order valence-electron chi connectivity index (χ0n) is 7.67. The molecule has 0 saturated carbocycles. The van der Waals surface area contributed by atoms with Gasteiger partial charge in [0.05, 0.1) is 6.33 Å². The summed E-state index contributed by atoms with van der Waals surface area (Å²) in [5.41, 5.74) is 3.85. The third-order valence-corrected chi connectivity index (χ3v) is 2.10. The fraction of sp³-hybridized carbons (Fsp3) is 0.100. The molecule has 0 saturated heterocycles. The maximum absolute atomic E-state index is 5.50. The summed E-state index contributed by atoms with van der Waals surface area (Å²) in [6.45, 7) is 0. The van der Waals surface area contributed by atoms with E-state index in [4.69, 9.17) is 5.84 Å². The highest BCUT2D eigenvalue weighted by molar-refractivity contribution is 5.19. The Morgan fingerprint density at radius 1 is 1.29 bits per heavy atom. The second kappa shape index (κ2) is 4.04. The topological polar surface area (TPSA) is 55.9 Å². The zero-order valence-corrected chi connectivity index (χ0v) is 7.67. The first-order valence-corrected chi connectivity index (χ1v) is 4.40. The molecule has 0 radical (unpaired) electrons. The van der Waals surface area contributed by atoms with Gasteiger partial charge in [0, 0.05) is 12.4 Å². The average molecular weight is 188 g/mol. The fourth-order valence-electron chi connectivity index (χ4n) is 1.41. The predicted octanol–water partition coefficient (Wildman–Crippen LogP) is 0.893. The summed E-state index contributed by atoms with van der Waals surface area (Å²) >= 11 is 0. The second-order valence-electron chi connectivity index (χ2n) is 2.99. The lowest BCUT2D eigenvalue weighted by Gasteiger charge is -2.17. The molecule has 1 atom stereocenters. The molecule has 72 valence electrons. The van der Waals surface area contributed by atoms with Crippen LogP contribution < -0.4 is 11.3 Å². The number of hydrazine groups is 1. The van der Waals surface area contributed by atoms with Crippen LogP contribution in [0, 0.1) is 0 Å². The predicted molar refractivity (Wildman–Crippen MR) is 54.1 cm³/mol. The minimum atomic E-state index is -0.0568. The molecule has 0 aliphatic carbocycles. The van der Waals surface area contributed by atoms with E-state index in [2.05, 4.69) is 10.4 Å². The molecule has 0 spiro atoms. The smallest absolute Gasteiger partial charge is 0.123 e. The van der Waals surface area contributed by atoms with Crippen LogP contribution in [0.3, 0.4) is 0 Å². The number of nitrogens with two attached hydrogens (primary N) is 1. The van der Waals surface area contributed by atoms with E-state index >= 15 is 0 Å². The van der Waals surface area contributed by atoms with Crippen molar-refractivity contribution < 1.29 is 0 Å². The number of aromatic nitrogens is 2. The zero-order chi connectivity index (χ0) is 9.80. The normalized spacial score (nSPS) is 12.6. The van der Waals surface area contributed by atoms with E-state index in [9.17, 15) is 0 Å². The number of nitrogens with one attached hydrogen (secondary N) is 1. The molecule has 2 aromatic rings. The lowest BCUT2D eigenvalue weighted by molar-refractivity contribution is 0.481. The molecule has 1 aromatic heterocycles. The Labute approximate surface area is 82.4 Å². The molecule has 4 heteroatoms. The summed E-state index contributed by atoms with van der Waals surface area (Å²) < 4.78 is 1.91. The van der Waals surface area contributed by atoms with E-state index in [0.29, 0.717) is 0 Å². The summed E-state index contributed by atoms with van der Waals surface area (Å²) in [5.74, 6) is 5.50. The minimum absolute atomic E-state index is 0.0568.